The monoisotopic (exact) mass is 393 g/mol. The highest BCUT2D eigenvalue weighted by molar-refractivity contribution is 6.46. The van der Waals surface area contributed by atoms with Gasteiger partial charge >= 0.3 is 6.09 Å². The van der Waals surface area contributed by atoms with Crippen molar-refractivity contribution in [2.75, 3.05) is 5.43 Å². The molecule has 9 heteroatoms. The van der Waals surface area contributed by atoms with Gasteiger partial charge in [-0.25, -0.2) is 9.18 Å². The van der Waals surface area contributed by atoms with Gasteiger partial charge in [-0.05, 0) is 60.4 Å². The summed E-state index contributed by atoms with van der Waals surface area (Å²) in [7, 11) is 0. The van der Waals surface area contributed by atoms with Crippen molar-refractivity contribution in [2.24, 2.45) is 5.10 Å². The number of hydrogen-bond acceptors (Lipinski definition) is 6. The van der Waals surface area contributed by atoms with Crippen molar-refractivity contribution in [1.29, 1.82) is 10.5 Å². The first-order valence-corrected chi connectivity index (χ1v) is 8.31. The van der Waals surface area contributed by atoms with E-state index in [9.17, 15) is 19.2 Å². The van der Waals surface area contributed by atoms with Crippen LogP contribution in [-0.2, 0) is 4.79 Å². The van der Waals surface area contributed by atoms with E-state index >= 15 is 0 Å². The molecule has 0 fully saturated rings. The maximum atomic E-state index is 13.2. The molecule has 0 heterocycles. The van der Waals surface area contributed by atoms with E-state index in [4.69, 9.17) is 10.4 Å². The lowest BCUT2D eigenvalue weighted by atomic mass is 9.86. The first-order valence-electron chi connectivity index (χ1n) is 8.31. The van der Waals surface area contributed by atoms with Gasteiger partial charge in [0.15, 0.2) is 0 Å². The number of nitrogens with one attached hydrogen (secondary N) is 2. The van der Waals surface area contributed by atoms with Crippen LogP contribution in [0.1, 0.15) is 28.2 Å². The summed E-state index contributed by atoms with van der Waals surface area (Å²) in [6.45, 7) is 3.57. The van der Waals surface area contributed by atoms with E-state index < -0.39 is 29.4 Å². The fourth-order valence-corrected chi connectivity index (χ4v) is 2.86. The second kappa shape index (κ2) is 9.11. The molecule has 8 nitrogen and oxygen atoms in total. The van der Waals surface area contributed by atoms with E-state index in [1.807, 2.05) is 0 Å². The lowest BCUT2D eigenvalue weighted by Crippen LogP contribution is -2.34. The van der Waals surface area contributed by atoms with Crippen LogP contribution in [-0.4, -0.2) is 22.8 Å². The van der Waals surface area contributed by atoms with Gasteiger partial charge in [-0.2, -0.15) is 15.6 Å². The summed E-state index contributed by atoms with van der Waals surface area (Å²) in [6.07, 6.45) is -1.60. The van der Waals surface area contributed by atoms with Gasteiger partial charge in [-0.15, -0.1) is 0 Å². The van der Waals surface area contributed by atoms with Gasteiger partial charge in [0.25, 0.3) is 5.91 Å². The minimum absolute atomic E-state index is 0.392. The van der Waals surface area contributed by atoms with Gasteiger partial charge in [-0.1, -0.05) is 12.1 Å². The number of carboxylic acid groups (broad SMARTS) is 1. The molecule has 0 saturated heterocycles. The average molecular weight is 393 g/mol. The zero-order chi connectivity index (χ0) is 21.6. The molecule has 3 N–H and O–H groups in total. The number of carbonyl (C=O) groups excluding carboxylic acids is 1. The van der Waals surface area contributed by atoms with Gasteiger partial charge < -0.3 is 5.11 Å². The Morgan fingerprint density at radius 3 is 2.21 bits per heavy atom. The van der Waals surface area contributed by atoms with Crippen LogP contribution in [0.2, 0.25) is 0 Å². The number of anilines is 1. The Labute approximate surface area is 165 Å². The molecule has 0 aromatic heterocycles. The molecule has 0 spiro atoms. The van der Waals surface area contributed by atoms with Crippen LogP contribution < -0.4 is 10.7 Å². The van der Waals surface area contributed by atoms with Crippen LogP contribution in [0.5, 0.6) is 0 Å². The molecule has 0 bridgehead atoms. The molecule has 0 aliphatic carbocycles. The highest BCUT2D eigenvalue weighted by Crippen LogP contribution is 2.31. The molecule has 1 atom stereocenters. The second-order valence-electron chi connectivity index (χ2n) is 6.08. The van der Waals surface area contributed by atoms with E-state index in [2.05, 4.69) is 16.6 Å². The molecule has 2 aromatic carbocycles. The Kier molecular flexibility index (Phi) is 6.62. The molecule has 0 radical (unpaired) electrons. The summed E-state index contributed by atoms with van der Waals surface area (Å²) in [5.74, 6) is -2.15. The van der Waals surface area contributed by atoms with Crippen molar-refractivity contribution in [3.05, 3.63) is 64.5 Å². The van der Waals surface area contributed by atoms with E-state index in [1.54, 1.807) is 38.1 Å². The lowest BCUT2D eigenvalue weighted by molar-refractivity contribution is -0.114. The maximum absolute atomic E-state index is 13.2. The van der Waals surface area contributed by atoms with E-state index in [0.717, 1.165) is 16.7 Å². The third kappa shape index (κ3) is 5.15. The maximum Gasteiger partial charge on any atom is 0.411 e. The highest BCUT2D eigenvalue weighted by atomic mass is 19.1. The molecular weight excluding hydrogens is 377 g/mol. The van der Waals surface area contributed by atoms with Gasteiger partial charge in [0.05, 0.1) is 17.7 Å². The zero-order valence-corrected chi connectivity index (χ0v) is 15.5. The summed E-state index contributed by atoms with van der Waals surface area (Å²) in [6, 6.07) is 12.8. The number of aryl methyl sites for hydroxylation is 2. The Morgan fingerprint density at radius 1 is 1.14 bits per heavy atom. The predicted molar refractivity (Wildman–Crippen MR) is 103 cm³/mol. The molecule has 2 amide bonds. The van der Waals surface area contributed by atoms with E-state index in [0.29, 0.717) is 11.3 Å². The lowest BCUT2D eigenvalue weighted by Gasteiger charge is -2.17. The number of nitrogens with zero attached hydrogens (tertiary/aromatic N) is 3. The third-order valence-corrected chi connectivity index (χ3v) is 4.05. The Balaban J connectivity index is 2.33. The number of amides is 2. The fourth-order valence-electron chi connectivity index (χ4n) is 2.86. The number of rotatable bonds is 5. The number of imide groups is 1. The standard InChI is InChI=1S/C20H16FN5O3/c1-11-7-15(25-26-17(10-23)19(27)24-20(28)29)8-12(2)18(11)16(9-22)13-3-5-14(21)6-4-13/h3-8,16,25H,1-2H3,(H,24,27)(H,28,29)/b26-17-. The third-order valence-electron chi connectivity index (χ3n) is 4.05. The number of carbonyl (C=O) groups is 2. The molecule has 29 heavy (non-hydrogen) atoms. The van der Waals surface area contributed by atoms with Crippen LogP contribution in [0.3, 0.4) is 0 Å². The van der Waals surface area contributed by atoms with Crippen molar-refractivity contribution >= 4 is 23.4 Å². The van der Waals surface area contributed by atoms with Crippen molar-refractivity contribution in [3.8, 4) is 12.1 Å². The number of hydrogen-bond donors (Lipinski definition) is 3. The highest BCUT2D eigenvalue weighted by Gasteiger charge is 2.19. The minimum atomic E-state index is -1.60. The minimum Gasteiger partial charge on any atom is -0.465 e. The Morgan fingerprint density at radius 2 is 1.72 bits per heavy atom. The fraction of sp³-hybridized carbons (Fsp3) is 0.150. The van der Waals surface area contributed by atoms with Crippen molar-refractivity contribution in [3.63, 3.8) is 0 Å². The van der Waals surface area contributed by atoms with Crippen LogP contribution in [0.25, 0.3) is 0 Å². The summed E-state index contributed by atoms with van der Waals surface area (Å²) in [5, 5.41) is 32.3. The molecule has 1 unspecified atom stereocenters. The summed E-state index contributed by atoms with van der Waals surface area (Å²) in [5.41, 5.74) is 5.21. The zero-order valence-electron chi connectivity index (χ0n) is 15.5. The number of hydrazone groups is 1. The van der Waals surface area contributed by atoms with Crippen LogP contribution in [0.15, 0.2) is 41.5 Å². The molecule has 146 valence electrons. The van der Waals surface area contributed by atoms with Crippen LogP contribution >= 0.6 is 0 Å². The SMILES string of the molecule is Cc1cc(N/N=C(/C#N)C(=O)NC(=O)O)cc(C)c1C(C#N)c1ccc(F)cc1. The molecule has 0 aliphatic rings. The molecule has 2 rings (SSSR count). The topological polar surface area (TPSA) is 138 Å². The van der Waals surface area contributed by atoms with Crippen molar-refractivity contribution in [1.82, 2.24) is 5.32 Å². The van der Waals surface area contributed by atoms with Gasteiger partial charge in [-0.3, -0.25) is 15.5 Å². The summed E-state index contributed by atoms with van der Waals surface area (Å²) < 4.78 is 13.2. The number of nitriles is 2. The molecular formula is C20H16FN5O3. The first-order chi connectivity index (χ1) is 13.8. The molecule has 2 aromatic rings. The quantitative estimate of drug-likeness (QED) is 0.527. The van der Waals surface area contributed by atoms with E-state index in [1.165, 1.54) is 23.5 Å². The second-order valence-corrected chi connectivity index (χ2v) is 6.08. The smallest absolute Gasteiger partial charge is 0.411 e. The normalized spacial score (nSPS) is 11.7. The molecule has 0 aliphatic heterocycles. The van der Waals surface area contributed by atoms with Gasteiger partial charge in [0.1, 0.15) is 11.9 Å². The molecule has 0 saturated carbocycles. The van der Waals surface area contributed by atoms with Crippen molar-refractivity contribution in [2.45, 2.75) is 19.8 Å². The predicted octanol–water partition coefficient (Wildman–Crippen LogP) is 3.18. The van der Waals surface area contributed by atoms with Gasteiger partial charge in [0.2, 0.25) is 5.71 Å². The Bertz CT molecular complexity index is 1040. The average Bonchev–Trinajstić information content (AvgIpc) is 2.65. The Hall–Kier alpha value is -4.24. The van der Waals surface area contributed by atoms with Crippen molar-refractivity contribution < 1.29 is 19.1 Å². The number of halogens is 1. The van der Waals surface area contributed by atoms with E-state index in [-0.39, 0.29) is 0 Å². The van der Waals surface area contributed by atoms with Gasteiger partial charge in [0, 0.05) is 0 Å². The largest absolute Gasteiger partial charge is 0.465 e. The number of benzene rings is 2. The van der Waals surface area contributed by atoms with Crippen LogP contribution in [0, 0.1) is 42.3 Å². The summed E-state index contributed by atoms with van der Waals surface area (Å²) in [4.78, 5) is 22.1. The van der Waals surface area contributed by atoms with Crippen LogP contribution in [0.4, 0.5) is 14.9 Å². The summed E-state index contributed by atoms with van der Waals surface area (Å²) >= 11 is 0. The first kappa shape index (κ1) is 21.1.